The number of allylic oxidation sites excluding steroid dienone is 4. The van der Waals surface area contributed by atoms with Gasteiger partial charge in [0.1, 0.15) is 73.2 Å². The molecule has 476 valence electrons. The Balaban J connectivity index is 1.46. The SMILES string of the molecule is CCCC/C=C\C/C=C\CCCCCCCC(=O)NC(COC1OC(CO)C(OC2OC(CO)C(OC3OC(CO)C(O)C(O)C3O)C(O)C2O)C(O)C1O)C(O)CCCCCCCCCCCCCCCCCCCCCCCC. The molecule has 12 N–H and O–H groups in total. The van der Waals surface area contributed by atoms with E-state index in [9.17, 15) is 61.0 Å². The molecule has 0 aliphatic carbocycles. The zero-order valence-corrected chi connectivity index (χ0v) is 49.8. The Morgan fingerprint density at radius 2 is 0.827 bits per heavy atom. The molecule has 1 amide bonds. The van der Waals surface area contributed by atoms with Gasteiger partial charge >= 0.3 is 0 Å². The molecule has 3 fully saturated rings. The maximum Gasteiger partial charge on any atom is 0.220 e. The summed E-state index contributed by atoms with van der Waals surface area (Å²) < 4.78 is 34.3. The molecule has 0 aromatic heterocycles. The van der Waals surface area contributed by atoms with Gasteiger partial charge in [-0.3, -0.25) is 4.79 Å². The number of carbonyl (C=O) groups excluding carboxylic acids is 1. The van der Waals surface area contributed by atoms with Gasteiger partial charge < -0.3 is 89.9 Å². The highest BCUT2D eigenvalue weighted by atomic mass is 16.8. The van der Waals surface area contributed by atoms with Gasteiger partial charge in [-0.2, -0.15) is 0 Å². The van der Waals surface area contributed by atoms with E-state index in [1.54, 1.807) is 0 Å². The minimum Gasteiger partial charge on any atom is -0.394 e. The highest BCUT2D eigenvalue weighted by Gasteiger charge is 2.53. The van der Waals surface area contributed by atoms with Crippen LogP contribution in [0.1, 0.15) is 232 Å². The number of aliphatic hydroxyl groups excluding tert-OH is 11. The van der Waals surface area contributed by atoms with Crippen molar-refractivity contribution in [3.8, 4) is 0 Å². The fourth-order valence-electron chi connectivity index (χ4n) is 11.0. The van der Waals surface area contributed by atoms with Gasteiger partial charge in [0.15, 0.2) is 18.9 Å². The summed E-state index contributed by atoms with van der Waals surface area (Å²) in [7, 11) is 0. The van der Waals surface area contributed by atoms with Crippen molar-refractivity contribution < 1.29 is 89.4 Å². The molecule has 17 unspecified atom stereocenters. The van der Waals surface area contributed by atoms with Gasteiger partial charge in [0.2, 0.25) is 5.91 Å². The summed E-state index contributed by atoms with van der Waals surface area (Å²) in [6, 6.07) is -0.893. The Kier molecular flexibility index (Phi) is 41.4. The molecule has 81 heavy (non-hydrogen) atoms. The van der Waals surface area contributed by atoms with Crippen molar-refractivity contribution in [2.45, 2.75) is 336 Å². The second-order valence-electron chi connectivity index (χ2n) is 23.2. The van der Waals surface area contributed by atoms with Gasteiger partial charge in [0, 0.05) is 6.42 Å². The lowest BCUT2D eigenvalue weighted by Crippen LogP contribution is -2.66. The van der Waals surface area contributed by atoms with E-state index in [0.717, 1.165) is 70.6 Å². The molecule has 19 nitrogen and oxygen atoms in total. The Morgan fingerprint density at radius 3 is 1.30 bits per heavy atom. The van der Waals surface area contributed by atoms with E-state index in [1.807, 2.05) is 0 Å². The van der Waals surface area contributed by atoms with Crippen LogP contribution in [0.2, 0.25) is 0 Å². The van der Waals surface area contributed by atoms with Gasteiger partial charge in [-0.05, 0) is 38.5 Å². The van der Waals surface area contributed by atoms with E-state index in [2.05, 4.69) is 43.5 Å². The lowest BCUT2D eigenvalue weighted by molar-refractivity contribution is -0.379. The third-order valence-electron chi connectivity index (χ3n) is 16.3. The normalized spacial score (nSPS) is 29.9. The smallest absolute Gasteiger partial charge is 0.220 e. The first-order valence-electron chi connectivity index (χ1n) is 32.1. The molecular weight excluding hydrogens is 1050 g/mol. The van der Waals surface area contributed by atoms with Crippen molar-refractivity contribution >= 4 is 5.91 Å². The lowest BCUT2D eigenvalue weighted by Gasteiger charge is -2.48. The molecule has 0 aromatic carbocycles. The number of amides is 1. The molecule has 19 heteroatoms. The number of unbranched alkanes of at least 4 members (excludes halogenated alkanes) is 28. The van der Waals surface area contributed by atoms with Crippen LogP contribution in [0.4, 0.5) is 0 Å². The van der Waals surface area contributed by atoms with Gasteiger partial charge in [-0.15, -0.1) is 0 Å². The number of ether oxygens (including phenoxy) is 6. The molecule has 0 spiro atoms. The Labute approximate surface area is 486 Å². The molecule has 3 saturated heterocycles. The maximum absolute atomic E-state index is 13.3. The van der Waals surface area contributed by atoms with Gasteiger partial charge in [-0.25, -0.2) is 0 Å². The van der Waals surface area contributed by atoms with Crippen LogP contribution in [0.3, 0.4) is 0 Å². The van der Waals surface area contributed by atoms with Crippen molar-refractivity contribution in [3.05, 3.63) is 24.3 Å². The quantitative estimate of drug-likeness (QED) is 0.0222. The molecule has 3 heterocycles. The van der Waals surface area contributed by atoms with Crippen molar-refractivity contribution in [1.82, 2.24) is 5.32 Å². The Hall–Kier alpha value is -1.73. The fourth-order valence-corrected chi connectivity index (χ4v) is 11.0. The first kappa shape index (κ1) is 73.5. The van der Waals surface area contributed by atoms with Crippen molar-refractivity contribution in [3.63, 3.8) is 0 Å². The zero-order valence-electron chi connectivity index (χ0n) is 49.8. The second kappa shape index (κ2) is 45.6. The molecule has 3 aliphatic rings. The average Bonchev–Trinajstić information content (AvgIpc) is 3.48. The van der Waals surface area contributed by atoms with Gasteiger partial charge in [0.25, 0.3) is 0 Å². The summed E-state index contributed by atoms with van der Waals surface area (Å²) in [6.45, 7) is 1.75. The maximum atomic E-state index is 13.3. The van der Waals surface area contributed by atoms with Crippen LogP contribution in [-0.4, -0.2) is 193 Å². The number of nitrogens with one attached hydrogen (secondary N) is 1. The minimum atomic E-state index is -1.97. The van der Waals surface area contributed by atoms with Crippen molar-refractivity contribution in [2.75, 3.05) is 26.4 Å². The van der Waals surface area contributed by atoms with E-state index in [-0.39, 0.29) is 18.9 Å². The topological polar surface area (TPSA) is 307 Å². The molecule has 0 radical (unpaired) electrons. The number of rotatable bonds is 48. The number of hydrogen-bond acceptors (Lipinski definition) is 18. The molecule has 3 rings (SSSR count). The standard InChI is InChI=1S/C62H115NO18/c1-3-5-7-9-11-13-15-17-19-20-21-22-23-24-25-26-27-29-31-33-35-37-39-46(67)45(63-50(68)40-38-36-34-32-30-28-18-16-14-12-10-8-6-4-2)44-76-60-56(74)53(71)58(48(42-65)78-60)81-62-57(75)54(72)59(49(43-66)79-62)80-61-55(73)52(70)51(69)47(41-64)77-61/h10,12,16,18,45-49,51-62,64-67,69-75H,3-9,11,13-15,17,19-44H2,1-2H3,(H,63,68)/b12-10-,18-16-. The van der Waals surface area contributed by atoms with Crippen LogP contribution in [0.25, 0.3) is 0 Å². The largest absolute Gasteiger partial charge is 0.394 e. The summed E-state index contributed by atoms with van der Waals surface area (Å²) in [4.78, 5) is 13.3. The fraction of sp³-hybridized carbons (Fsp3) is 0.919. The van der Waals surface area contributed by atoms with Crippen molar-refractivity contribution in [2.24, 2.45) is 0 Å². The zero-order chi connectivity index (χ0) is 59.0. The van der Waals surface area contributed by atoms with E-state index < -0.39 is 124 Å². The molecular formula is C62H115NO18. The Morgan fingerprint density at radius 1 is 0.444 bits per heavy atom. The third kappa shape index (κ3) is 29.0. The summed E-state index contributed by atoms with van der Waals surface area (Å²) in [5, 5.41) is 120. The summed E-state index contributed by atoms with van der Waals surface area (Å²) in [5.74, 6) is -0.256. The predicted octanol–water partition coefficient (Wildman–Crippen LogP) is 6.71. The van der Waals surface area contributed by atoms with Crippen LogP contribution < -0.4 is 5.32 Å². The van der Waals surface area contributed by atoms with Crippen LogP contribution in [-0.2, 0) is 33.2 Å². The summed E-state index contributed by atoms with van der Waals surface area (Å²) in [5.41, 5.74) is 0. The molecule has 0 aromatic rings. The highest BCUT2D eigenvalue weighted by Crippen LogP contribution is 2.33. The molecule has 3 aliphatic heterocycles. The van der Waals surface area contributed by atoms with E-state index >= 15 is 0 Å². The van der Waals surface area contributed by atoms with Gasteiger partial charge in [-0.1, -0.05) is 212 Å². The molecule has 17 atom stereocenters. The van der Waals surface area contributed by atoms with Crippen LogP contribution in [0.5, 0.6) is 0 Å². The average molecular weight is 1160 g/mol. The van der Waals surface area contributed by atoms with E-state index in [4.69, 9.17) is 28.4 Å². The monoisotopic (exact) mass is 1160 g/mol. The predicted molar refractivity (Wildman–Crippen MR) is 310 cm³/mol. The highest BCUT2D eigenvalue weighted by molar-refractivity contribution is 5.76. The summed E-state index contributed by atoms with van der Waals surface area (Å²) >= 11 is 0. The van der Waals surface area contributed by atoms with E-state index in [0.29, 0.717) is 12.8 Å². The van der Waals surface area contributed by atoms with Gasteiger partial charge in [0.05, 0.1) is 38.6 Å². The van der Waals surface area contributed by atoms with Crippen LogP contribution in [0, 0.1) is 0 Å². The van der Waals surface area contributed by atoms with Crippen LogP contribution in [0.15, 0.2) is 24.3 Å². The minimum absolute atomic E-state index is 0.251. The second-order valence-corrected chi connectivity index (χ2v) is 23.2. The summed E-state index contributed by atoms with van der Waals surface area (Å²) in [6.07, 6.45) is 21.2. The first-order chi connectivity index (χ1) is 39.3. The number of hydrogen-bond donors (Lipinski definition) is 12. The number of carbonyl (C=O) groups is 1. The first-order valence-corrected chi connectivity index (χ1v) is 32.1. The number of aliphatic hydroxyl groups is 11. The lowest BCUT2D eigenvalue weighted by atomic mass is 9.96. The molecule has 0 bridgehead atoms. The third-order valence-corrected chi connectivity index (χ3v) is 16.3. The van der Waals surface area contributed by atoms with Crippen molar-refractivity contribution in [1.29, 1.82) is 0 Å². The van der Waals surface area contributed by atoms with Crippen LogP contribution >= 0.6 is 0 Å². The Bertz CT molecular complexity index is 1580. The molecule has 0 saturated carbocycles. The van der Waals surface area contributed by atoms with E-state index in [1.165, 1.54) is 128 Å².